The lowest BCUT2D eigenvalue weighted by Gasteiger charge is -2.14. The van der Waals surface area contributed by atoms with Gasteiger partial charge < -0.3 is 14.8 Å². The number of rotatable bonds is 7. The number of hydrogen-bond acceptors (Lipinski definition) is 6. The summed E-state index contributed by atoms with van der Waals surface area (Å²) in [4.78, 5) is 26.1. The highest BCUT2D eigenvalue weighted by Crippen LogP contribution is 2.29. The second-order valence-corrected chi connectivity index (χ2v) is 7.02. The molecule has 0 bridgehead atoms. The average molecular weight is 421 g/mol. The third-order valence-electron chi connectivity index (χ3n) is 5.04. The van der Waals surface area contributed by atoms with Gasteiger partial charge in [-0.25, -0.2) is 0 Å². The summed E-state index contributed by atoms with van der Waals surface area (Å²) in [6.07, 6.45) is 1.58. The standard InChI is InChI=1S/C22H23N5O4/c1-4-7-19-24-25-21-22(29)26(16-8-5-6-9-17(16)27(19)21)13-20(28)23-15-12-14(30-2)10-11-18(15)31-3/h5-6,8-12H,4,7,13H2,1-3H3,(H,23,28). The lowest BCUT2D eigenvalue weighted by molar-refractivity contribution is -0.116. The topological polar surface area (TPSA) is 99.8 Å². The summed E-state index contributed by atoms with van der Waals surface area (Å²) in [6.45, 7) is 1.86. The number of anilines is 1. The maximum absolute atomic E-state index is 13.2. The van der Waals surface area contributed by atoms with E-state index in [2.05, 4.69) is 15.5 Å². The van der Waals surface area contributed by atoms with Gasteiger partial charge >= 0.3 is 0 Å². The van der Waals surface area contributed by atoms with Gasteiger partial charge in [-0.3, -0.25) is 18.6 Å². The number of hydrogen-bond donors (Lipinski definition) is 1. The first-order valence-corrected chi connectivity index (χ1v) is 9.94. The number of aryl methyl sites for hydroxylation is 1. The van der Waals surface area contributed by atoms with Crippen LogP contribution in [0.3, 0.4) is 0 Å². The van der Waals surface area contributed by atoms with E-state index in [0.29, 0.717) is 29.1 Å². The van der Waals surface area contributed by atoms with Gasteiger partial charge in [-0.05, 0) is 30.7 Å². The Balaban J connectivity index is 1.76. The van der Waals surface area contributed by atoms with Gasteiger partial charge in [0.2, 0.25) is 11.6 Å². The molecule has 0 saturated carbocycles. The molecule has 2 aromatic carbocycles. The number of nitrogens with zero attached hydrogens (tertiary/aromatic N) is 4. The molecule has 0 aliphatic carbocycles. The number of nitrogens with one attached hydrogen (secondary N) is 1. The number of carbonyl (C=O) groups is 1. The third-order valence-corrected chi connectivity index (χ3v) is 5.04. The molecular formula is C22H23N5O4. The van der Waals surface area contributed by atoms with E-state index in [-0.39, 0.29) is 23.7 Å². The minimum absolute atomic E-state index is 0.188. The van der Waals surface area contributed by atoms with E-state index in [0.717, 1.165) is 17.8 Å². The van der Waals surface area contributed by atoms with Crippen LogP contribution in [0.1, 0.15) is 19.2 Å². The Hall–Kier alpha value is -3.88. The summed E-state index contributed by atoms with van der Waals surface area (Å²) >= 11 is 0. The van der Waals surface area contributed by atoms with Gasteiger partial charge in [-0.15, -0.1) is 10.2 Å². The first kappa shape index (κ1) is 20.4. The molecule has 0 spiro atoms. The van der Waals surface area contributed by atoms with Crippen molar-refractivity contribution in [3.05, 3.63) is 58.6 Å². The third kappa shape index (κ3) is 3.70. The van der Waals surface area contributed by atoms with Gasteiger partial charge in [0, 0.05) is 12.5 Å². The fourth-order valence-corrected chi connectivity index (χ4v) is 3.61. The SMILES string of the molecule is CCCc1nnc2c(=O)n(CC(=O)Nc3cc(OC)ccc3OC)c3ccccc3n12. The Morgan fingerprint density at radius 1 is 1.06 bits per heavy atom. The summed E-state index contributed by atoms with van der Waals surface area (Å²) in [6, 6.07) is 12.5. The molecule has 160 valence electrons. The molecule has 0 unspecified atom stereocenters. The Bertz CT molecular complexity index is 1320. The van der Waals surface area contributed by atoms with Crippen molar-refractivity contribution in [2.75, 3.05) is 19.5 Å². The van der Waals surface area contributed by atoms with Crippen molar-refractivity contribution in [3.8, 4) is 11.5 Å². The van der Waals surface area contributed by atoms with Crippen LogP contribution < -0.4 is 20.3 Å². The van der Waals surface area contributed by atoms with Crippen LogP contribution in [-0.4, -0.2) is 39.3 Å². The van der Waals surface area contributed by atoms with Crippen molar-refractivity contribution < 1.29 is 14.3 Å². The molecule has 4 aromatic rings. The number of carbonyl (C=O) groups excluding carboxylic acids is 1. The molecule has 0 fully saturated rings. The summed E-state index contributed by atoms with van der Waals surface area (Å²) in [7, 11) is 3.06. The van der Waals surface area contributed by atoms with Gasteiger partial charge in [0.15, 0.2) is 0 Å². The quantitative estimate of drug-likeness (QED) is 0.492. The number of methoxy groups -OCH3 is 2. The Kier molecular flexibility index (Phi) is 5.57. The monoisotopic (exact) mass is 421 g/mol. The molecule has 9 heteroatoms. The van der Waals surface area contributed by atoms with E-state index in [1.807, 2.05) is 31.2 Å². The van der Waals surface area contributed by atoms with Crippen molar-refractivity contribution in [3.63, 3.8) is 0 Å². The van der Waals surface area contributed by atoms with Crippen LogP contribution in [0.25, 0.3) is 16.7 Å². The van der Waals surface area contributed by atoms with Crippen LogP contribution in [-0.2, 0) is 17.8 Å². The molecule has 0 aliphatic heterocycles. The molecule has 0 saturated heterocycles. The van der Waals surface area contributed by atoms with Crippen LogP contribution >= 0.6 is 0 Å². The predicted molar refractivity (Wildman–Crippen MR) is 117 cm³/mol. The second-order valence-electron chi connectivity index (χ2n) is 7.02. The van der Waals surface area contributed by atoms with E-state index in [1.165, 1.54) is 11.7 Å². The predicted octanol–water partition coefficient (Wildman–Crippen LogP) is 2.65. The smallest absolute Gasteiger partial charge is 0.297 e. The lowest BCUT2D eigenvalue weighted by atomic mass is 10.2. The molecule has 0 aliphatic rings. The molecule has 9 nitrogen and oxygen atoms in total. The number of ether oxygens (including phenoxy) is 2. The molecule has 0 atom stereocenters. The molecule has 1 N–H and O–H groups in total. The minimum atomic E-state index is -0.378. The normalized spacial score (nSPS) is 11.1. The van der Waals surface area contributed by atoms with Crippen LogP contribution in [0.2, 0.25) is 0 Å². The Morgan fingerprint density at radius 2 is 1.84 bits per heavy atom. The van der Waals surface area contributed by atoms with Crippen molar-refractivity contribution >= 4 is 28.3 Å². The molecule has 1 amide bonds. The maximum atomic E-state index is 13.2. The average Bonchev–Trinajstić information content (AvgIpc) is 3.21. The zero-order valence-electron chi connectivity index (χ0n) is 17.6. The number of benzene rings is 2. The molecular weight excluding hydrogens is 398 g/mol. The van der Waals surface area contributed by atoms with Gasteiger partial charge in [-0.2, -0.15) is 0 Å². The van der Waals surface area contributed by atoms with E-state index >= 15 is 0 Å². The number of fused-ring (bicyclic) bond motifs is 3. The summed E-state index contributed by atoms with van der Waals surface area (Å²) < 4.78 is 13.7. The van der Waals surface area contributed by atoms with Gasteiger partial charge in [0.25, 0.3) is 5.56 Å². The number of para-hydroxylation sites is 2. The highest BCUT2D eigenvalue weighted by atomic mass is 16.5. The van der Waals surface area contributed by atoms with Crippen molar-refractivity contribution in [2.45, 2.75) is 26.3 Å². The summed E-state index contributed by atoms with van der Waals surface area (Å²) in [5.41, 5.74) is 1.69. The van der Waals surface area contributed by atoms with Crippen molar-refractivity contribution in [2.24, 2.45) is 0 Å². The Morgan fingerprint density at radius 3 is 2.55 bits per heavy atom. The fourth-order valence-electron chi connectivity index (χ4n) is 3.61. The molecule has 31 heavy (non-hydrogen) atoms. The maximum Gasteiger partial charge on any atom is 0.297 e. The molecule has 4 rings (SSSR count). The van der Waals surface area contributed by atoms with Crippen molar-refractivity contribution in [1.29, 1.82) is 0 Å². The van der Waals surface area contributed by atoms with E-state index in [9.17, 15) is 9.59 Å². The van der Waals surface area contributed by atoms with E-state index < -0.39 is 0 Å². The van der Waals surface area contributed by atoms with E-state index in [1.54, 1.807) is 29.7 Å². The zero-order chi connectivity index (χ0) is 22.0. The molecule has 2 aromatic heterocycles. The highest BCUT2D eigenvalue weighted by molar-refractivity contribution is 5.93. The van der Waals surface area contributed by atoms with Crippen LogP contribution in [0.5, 0.6) is 11.5 Å². The Labute approximate surface area is 178 Å². The summed E-state index contributed by atoms with van der Waals surface area (Å²) in [5.74, 6) is 1.41. The first-order chi connectivity index (χ1) is 15.1. The lowest BCUT2D eigenvalue weighted by Crippen LogP contribution is -2.29. The fraction of sp³-hybridized carbons (Fsp3) is 0.273. The zero-order valence-corrected chi connectivity index (χ0v) is 17.6. The molecule has 2 heterocycles. The summed E-state index contributed by atoms with van der Waals surface area (Å²) in [5, 5.41) is 11.1. The van der Waals surface area contributed by atoms with Gasteiger partial charge in [0.1, 0.15) is 23.9 Å². The highest BCUT2D eigenvalue weighted by Gasteiger charge is 2.18. The molecule has 0 radical (unpaired) electrons. The van der Waals surface area contributed by atoms with Crippen LogP contribution in [0.4, 0.5) is 5.69 Å². The second kappa shape index (κ2) is 8.47. The van der Waals surface area contributed by atoms with Crippen LogP contribution in [0.15, 0.2) is 47.3 Å². The minimum Gasteiger partial charge on any atom is -0.497 e. The number of amides is 1. The number of aromatic nitrogens is 4. The first-order valence-electron chi connectivity index (χ1n) is 9.94. The largest absolute Gasteiger partial charge is 0.497 e. The van der Waals surface area contributed by atoms with Gasteiger partial charge in [-0.1, -0.05) is 19.1 Å². The van der Waals surface area contributed by atoms with E-state index in [4.69, 9.17) is 9.47 Å². The van der Waals surface area contributed by atoms with Crippen LogP contribution in [0, 0.1) is 0 Å². The van der Waals surface area contributed by atoms with Gasteiger partial charge in [0.05, 0.1) is 30.9 Å². The van der Waals surface area contributed by atoms with Crippen molar-refractivity contribution in [1.82, 2.24) is 19.2 Å².